The summed E-state index contributed by atoms with van der Waals surface area (Å²) in [5.41, 5.74) is 0.713. The molecule has 1 aliphatic heterocycles. The molecule has 0 spiro atoms. The van der Waals surface area contributed by atoms with Crippen LogP contribution in [0.3, 0.4) is 0 Å². The van der Waals surface area contributed by atoms with Crippen molar-refractivity contribution in [3.63, 3.8) is 0 Å². The Bertz CT molecular complexity index is 719. The molecule has 1 amide bonds. The summed E-state index contributed by atoms with van der Waals surface area (Å²) >= 11 is 1.24. The average Bonchev–Trinajstić information content (AvgIpc) is 3.25. The highest BCUT2D eigenvalue weighted by Crippen LogP contribution is 2.22. The first-order valence-electron chi connectivity index (χ1n) is 7.68. The highest BCUT2D eigenvalue weighted by atomic mass is 32.1. The molecule has 0 saturated carbocycles. The van der Waals surface area contributed by atoms with Crippen LogP contribution in [0.25, 0.3) is 0 Å². The van der Waals surface area contributed by atoms with Gasteiger partial charge in [-0.25, -0.2) is 0 Å². The van der Waals surface area contributed by atoms with Gasteiger partial charge in [0.2, 0.25) is 5.01 Å². The quantitative estimate of drug-likeness (QED) is 0.833. The number of likely N-dealkylation sites (tertiary alicyclic amines) is 1. The van der Waals surface area contributed by atoms with Crippen molar-refractivity contribution in [2.24, 2.45) is 0 Å². The van der Waals surface area contributed by atoms with Crippen molar-refractivity contribution in [3.05, 3.63) is 40.3 Å². The maximum absolute atomic E-state index is 12.2. The van der Waals surface area contributed by atoms with Gasteiger partial charge < -0.3 is 10.1 Å². The molecule has 24 heavy (non-hydrogen) atoms. The number of methoxy groups -OCH3 is 1. The van der Waals surface area contributed by atoms with Gasteiger partial charge in [-0.1, -0.05) is 29.5 Å². The van der Waals surface area contributed by atoms with Gasteiger partial charge in [0.1, 0.15) is 11.0 Å². The molecule has 126 valence electrons. The van der Waals surface area contributed by atoms with E-state index in [1.807, 2.05) is 35.2 Å². The van der Waals surface area contributed by atoms with Gasteiger partial charge in [0, 0.05) is 5.69 Å². The minimum absolute atomic E-state index is 0.223. The molecule has 0 bridgehead atoms. The monoisotopic (exact) mass is 346 g/mol. The second-order valence-corrected chi connectivity index (χ2v) is 6.53. The van der Waals surface area contributed by atoms with E-state index in [4.69, 9.17) is 4.74 Å². The van der Waals surface area contributed by atoms with Crippen molar-refractivity contribution in [2.75, 3.05) is 19.0 Å². The molecule has 1 atom stereocenters. The van der Waals surface area contributed by atoms with Gasteiger partial charge in [0.25, 0.3) is 5.91 Å². The van der Waals surface area contributed by atoms with E-state index in [0.29, 0.717) is 22.2 Å². The van der Waals surface area contributed by atoms with Gasteiger partial charge in [0.05, 0.1) is 13.7 Å². The predicted molar refractivity (Wildman–Crippen MR) is 89.8 cm³/mol. The lowest BCUT2D eigenvalue weighted by atomic mass is 10.2. The molecule has 0 aliphatic carbocycles. The number of amides is 1. The fraction of sp³-hybridized carbons (Fsp3) is 0.375. The number of esters is 1. The summed E-state index contributed by atoms with van der Waals surface area (Å²) in [5.74, 6) is -0.505. The Labute approximate surface area is 143 Å². The van der Waals surface area contributed by atoms with Crippen LogP contribution >= 0.6 is 11.3 Å². The number of anilines is 1. The van der Waals surface area contributed by atoms with Crippen molar-refractivity contribution >= 4 is 28.9 Å². The first kappa shape index (κ1) is 16.5. The van der Waals surface area contributed by atoms with Crippen LogP contribution in [0.4, 0.5) is 5.69 Å². The SMILES string of the molecule is COC(=O)C1CCCN1Cc1nnc(C(=O)Nc2ccccc2)s1. The molecule has 0 radical (unpaired) electrons. The molecule has 1 N–H and O–H groups in total. The molecule has 2 aromatic rings. The summed E-state index contributed by atoms with van der Waals surface area (Å²) in [6.07, 6.45) is 1.73. The molecule has 8 heteroatoms. The van der Waals surface area contributed by atoms with E-state index in [9.17, 15) is 9.59 Å². The van der Waals surface area contributed by atoms with Crippen molar-refractivity contribution in [2.45, 2.75) is 25.4 Å². The van der Waals surface area contributed by atoms with Gasteiger partial charge in [-0.2, -0.15) is 0 Å². The van der Waals surface area contributed by atoms with Gasteiger partial charge >= 0.3 is 5.97 Å². The maximum atomic E-state index is 12.2. The number of nitrogens with one attached hydrogen (secondary N) is 1. The zero-order chi connectivity index (χ0) is 16.9. The molecular formula is C16H18N4O3S. The lowest BCUT2D eigenvalue weighted by Gasteiger charge is -2.20. The van der Waals surface area contributed by atoms with E-state index in [0.717, 1.165) is 19.4 Å². The smallest absolute Gasteiger partial charge is 0.323 e. The number of rotatable bonds is 5. The molecule has 7 nitrogen and oxygen atoms in total. The molecule has 3 rings (SSSR count). The molecule has 2 heterocycles. The van der Waals surface area contributed by atoms with E-state index < -0.39 is 0 Å². The van der Waals surface area contributed by atoms with Crippen molar-refractivity contribution < 1.29 is 14.3 Å². The summed E-state index contributed by atoms with van der Waals surface area (Å²) in [4.78, 5) is 26.0. The number of hydrogen-bond donors (Lipinski definition) is 1. The largest absolute Gasteiger partial charge is 0.468 e. The van der Waals surface area contributed by atoms with Crippen LogP contribution < -0.4 is 5.32 Å². The fourth-order valence-electron chi connectivity index (χ4n) is 2.71. The molecule has 1 fully saturated rings. The lowest BCUT2D eigenvalue weighted by molar-refractivity contribution is -0.146. The number of hydrogen-bond acceptors (Lipinski definition) is 7. The van der Waals surface area contributed by atoms with E-state index in [1.54, 1.807) is 0 Å². The first-order chi connectivity index (χ1) is 11.7. The number of para-hydroxylation sites is 1. The third kappa shape index (κ3) is 3.77. The van der Waals surface area contributed by atoms with Crippen molar-refractivity contribution in [1.29, 1.82) is 0 Å². The minimum Gasteiger partial charge on any atom is -0.468 e. The van der Waals surface area contributed by atoms with Crippen LogP contribution in [-0.2, 0) is 16.1 Å². The Morgan fingerprint density at radius 2 is 2.12 bits per heavy atom. The van der Waals surface area contributed by atoms with Crippen molar-refractivity contribution in [1.82, 2.24) is 15.1 Å². The van der Waals surface area contributed by atoms with Gasteiger partial charge in [-0.3, -0.25) is 14.5 Å². The summed E-state index contributed by atoms with van der Waals surface area (Å²) < 4.78 is 4.83. The van der Waals surface area contributed by atoms with E-state index in [1.165, 1.54) is 18.4 Å². The van der Waals surface area contributed by atoms with Crippen LogP contribution in [0.2, 0.25) is 0 Å². The normalized spacial score (nSPS) is 17.6. The Kier molecular flexibility index (Phi) is 5.17. The zero-order valence-corrected chi connectivity index (χ0v) is 14.1. The second kappa shape index (κ2) is 7.50. The zero-order valence-electron chi connectivity index (χ0n) is 13.3. The first-order valence-corrected chi connectivity index (χ1v) is 8.49. The molecule has 1 saturated heterocycles. The summed E-state index contributed by atoms with van der Waals surface area (Å²) in [6.45, 7) is 1.31. The Hall–Kier alpha value is -2.32. The van der Waals surface area contributed by atoms with Crippen LogP contribution in [0, 0.1) is 0 Å². The standard InChI is InChI=1S/C16H18N4O3S/c1-23-16(22)12-8-5-9-20(12)10-13-18-19-15(24-13)14(21)17-11-6-3-2-4-7-11/h2-4,6-7,12H,5,8-10H2,1H3,(H,17,21). The maximum Gasteiger partial charge on any atom is 0.323 e. The number of benzene rings is 1. The fourth-order valence-corrected chi connectivity index (χ4v) is 3.47. The number of carbonyl (C=O) groups is 2. The van der Waals surface area contributed by atoms with E-state index in [-0.39, 0.29) is 17.9 Å². The van der Waals surface area contributed by atoms with Gasteiger partial charge in [-0.05, 0) is 31.5 Å². The minimum atomic E-state index is -0.282. The molecule has 1 aliphatic rings. The highest BCUT2D eigenvalue weighted by molar-refractivity contribution is 7.13. The summed E-state index contributed by atoms with van der Waals surface area (Å²) in [5, 5.41) is 11.8. The third-order valence-electron chi connectivity index (χ3n) is 3.87. The van der Waals surface area contributed by atoms with Gasteiger partial charge in [0.15, 0.2) is 0 Å². The van der Waals surface area contributed by atoms with E-state index >= 15 is 0 Å². The highest BCUT2D eigenvalue weighted by Gasteiger charge is 2.32. The van der Waals surface area contributed by atoms with Crippen LogP contribution in [0.1, 0.15) is 27.7 Å². The van der Waals surface area contributed by atoms with Crippen LogP contribution in [0.15, 0.2) is 30.3 Å². The Balaban J connectivity index is 1.63. The Morgan fingerprint density at radius 1 is 1.33 bits per heavy atom. The van der Waals surface area contributed by atoms with Crippen LogP contribution in [0.5, 0.6) is 0 Å². The van der Waals surface area contributed by atoms with Crippen molar-refractivity contribution in [3.8, 4) is 0 Å². The topological polar surface area (TPSA) is 84.4 Å². The summed E-state index contributed by atoms with van der Waals surface area (Å²) in [6, 6.07) is 8.96. The number of ether oxygens (including phenoxy) is 1. The molecule has 1 aromatic heterocycles. The Morgan fingerprint density at radius 3 is 2.88 bits per heavy atom. The lowest BCUT2D eigenvalue weighted by Crippen LogP contribution is -2.36. The average molecular weight is 346 g/mol. The molecule has 1 unspecified atom stereocenters. The van der Waals surface area contributed by atoms with E-state index in [2.05, 4.69) is 15.5 Å². The summed E-state index contributed by atoms with van der Waals surface area (Å²) in [7, 11) is 1.40. The second-order valence-electron chi connectivity index (χ2n) is 5.47. The molecular weight excluding hydrogens is 328 g/mol. The number of carbonyl (C=O) groups excluding carboxylic acids is 2. The van der Waals surface area contributed by atoms with Gasteiger partial charge in [-0.15, -0.1) is 10.2 Å². The number of nitrogens with zero attached hydrogens (tertiary/aromatic N) is 3. The number of aromatic nitrogens is 2. The predicted octanol–water partition coefficient (Wildman–Crippen LogP) is 1.93. The molecule has 1 aromatic carbocycles. The third-order valence-corrected chi connectivity index (χ3v) is 4.77. The van der Waals surface area contributed by atoms with Crippen LogP contribution in [-0.4, -0.2) is 46.7 Å².